The standard InChI is InChI=1S/C21H30O2/c1-4-21(23)12-9-18-16-6-5-14-13-15(22)7-10-19(14,2)17(16)8-11-20(18,21)3/h1,5,15-18,22-23H,6-13H2,2-3H3/t15-,16-,17-,18-,19+,20-,21+/m1/s1. The van der Waals surface area contributed by atoms with Crippen molar-refractivity contribution in [2.45, 2.75) is 76.9 Å². The Bertz CT molecular complexity index is 587. The van der Waals surface area contributed by atoms with Crippen LogP contribution in [0.15, 0.2) is 11.6 Å². The summed E-state index contributed by atoms with van der Waals surface area (Å²) >= 11 is 0. The topological polar surface area (TPSA) is 40.5 Å². The molecule has 0 saturated heterocycles. The van der Waals surface area contributed by atoms with Crippen LogP contribution in [0.4, 0.5) is 0 Å². The molecule has 0 aromatic carbocycles. The predicted octanol–water partition coefficient (Wildman–Crippen LogP) is 3.67. The Morgan fingerprint density at radius 2 is 1.87 bits per heavy atom. The number of terminal acetylenes is 1. The first-order valence-electron chi connectivity index (χ1n) is 9.42. The van der Waals surface area contributed by atoms with Crippen molar-refractivity contribution in [2.24, 2.45) is 28.6 Å². The van der Waals surface area contributed by atoms with Crippen LogP contribution in [0.3, 0.4) is 0 Å². The second kappa shape index (κ2) is 4.87. The number of hydrogen-bond acceptors (Lipinski definition) is 2. The van der Waals surface area contributed by atoms with E-state index in [0.29, 0.717) is 17.8 Å². The second-order valence-electron chi connectivity index (χ2n) is 9.16. The van der Waals surface area contributed by atoms with Crippen LogP contribution in [-0.4, -0.2) is 21.9 Å². The summed E-state index contributed by atoms with van der Waals surface area (Å²) in [6, 6.07) is 0. The van der Waals surface area contributed by atoms with Crippen molar-refractivity contribution in [1.29, 1.82) is 0 Å². The van der Waals surface area contributed by atoms with E-state index in [1.54, 1.807) is 0 Å². The summed E-state index contributed by atoms with van der Waals surface area (Å²) in [6.45, 7) is 4.68. The molecule has 0 heterocycles. The molecule has 3 saturated carbocycles. The van der Waals surface area contributed by atoms with E-state index in [4.69, 9.17) is 6.42 Å². The first kappa shape index (κ1) is 15.7. The Balaban J connectivity index is 1.69. The average molecular weight is 314 g/mol. The van der Waals surface area contributed by atoms with Gasteiger partial charge in [-0.1, -0.05) is 31.4 Å². The summed E-state index contributed by atoms with van der Waals surface area (Å²) in [5, 5.41) is 21.0. The second-order valence-corrected chi connectivity index (χ2v) is 9.16. The van der Waals surface area contributed by atoms with Crippen LogP contribution in [0.5, 0.6) is 0 Å². The SMILES string of the molecule is C#C[C@]1(O)CC[C@@H]2[C@@H]3CC=C4C[C@H](O)CC[C@]4(C)[C@@H]3CC[C@]21C. The Morgan fingerprint density at radius 1 is 1.13 bits per heavy atom. The highest BCUT2D eigenvalue weighted by atomic mass is 16.3. The molecule has 23 heavy (non-hydrogen) atoms. The third-order valence-electron chi connectivity index (χ3n) is 8.47. The third kappa shape index (κ3) is 1.90. The van der Waals surface area contributed by atoms with Gasteiger partial charge in [-0.05, 0) is 74.5 Å². The zero-order valence-corrected chi connectivity index (χ0v) is 14.5. The minimum absolute atomic E-state index is 0.112. The van der Waals surface area contributed by atoms with Crippen molar-refractivity contribution >= 4 is 0 Å². The molecule has 0 aromatic heterocycles. The third-order valence-corrected chi connectivity index (χ3v) is 8.47. The Hall–Kier alpha value is -0.780. The summed E-state index contributed by atoms with van der Waals surface area (Å²) in [7, 11) is 0. The number of rotatable bonds is 0. The number of hydrogen-bond donors (Lipinski definition) is 2. The lowest BCUT2D eigenvalue weighted by Crippen LogP contribution is -2.54. The molecule has 2 nitrogen and oxygen atoms in total. The monoisotopic (exact) mass is 314 g/mol. The van der Waals surface area contributed by atoms with Gasteiger partial charge in [0.25, 0.3) is 0 Å². The highest BCUT2D eigenvalue weighted by molar-refractivity contribution is 5.28. The normalized spacial score (nSPS) is 55.2. The molecular formula is C21H30O2. The molecule has 126 valence electrons. The predicted molar refractivity (Wildman–Crippen MR) is 91.5 cm³/mol. The number of aliphatic hydroxyl groups is 2. The molecule has 2 N–H and O–H groups in total. The molecule has 0 aliphatic heterocycles. The van der Waals surface area contributed by atoms with E-state index in [2.05, 4.69) is 25.8 Å². The lowest BCUT2D eigenvalue weighted by Gasteiger charge is -2.58. The molecule has 0 bridgehead atoms. The van der Waals surface area contributed by atoms with E-state index in [1.165, 1.54) is 12.0 Å². The van der Waals surface area contributed by atoms with Gasteiger partial charge in [-0.2, -0.15) is 0 Å². The maximum Gasteiger partial charge on any atom is 0.130 e. The first-order valence-corrected chi connectivity index (χ1v) is 9.42. The maximum absolute atomic E-state index is 11.0. The molecule has 3 fully saturated rings. The van der Waals surface area contributed by atoms with Crippen LogP contribution in [0.1, 0.15) is 65.2 Å². The number of aliphatic hydroxyl groups excluding tert-OH is 1. The van der Waals surface area contributed by atoms with E-state index in [1.807, 2.05) is 0 Å². The van der Waals surface area contributed by atoms with E-state index < -0.39 is 5.60 Å². The summed E-state index contributed by atoms with van der Waals surface area (Å²) in [5.74, 6) is 4.65. The van der Waals surface area contributed by atoms with Crippen molar-refractivity contribution in [3.8, 4) is 12.3 Å². The Morgan fingerprint density at radius 3 is 2.61 bits per heavy atom. The Kier molecular flexibility index (Phi) is 3.33. The average Bonchev–Trinajstić information content (AvgIpc) is 2.80. The van der Waals surface area contributed by atoms with Crippen molar-refractivity contribution in [2.75, 3.05) is 0 Å². The van der Waals surface area contributed by atoms with Gasteiger partial charge in [0.1, 0.15) is 5.60 Å². The summed E-state index contributed by atoms with van der Waals surface area (Å²) in [6.07, 6.45) is 16.1. The fraction of sp³-hybridized carbons (Fsp3) is 0.810. The highest BCUT2D eigenvalue weighted by Crippen LogP contribution is 2.66. The summed E-state index contributed by atoms with van der Waals surface area (Å²) in [5.41, 5.74) is 0.751. The lowest BCUT2D eigenvalue weighted by molar-refractivity contribution is -0.0969. The van der Waals surface area contributed by atoms with Crippen molar-refractivity contribution in [3.05, 3.63) is 11.6 Å². The van der Waals surface area contributed by atoms with Gasteiger partial charge >= 0.3 is 0 Å². The molecule has 0 amide bonds. The fourth-order valence-electron chi connectivity index (χ4n) is 6.89. The molecule has 0 radical (unpaired) electrons. The quantitative estimate of drug-likeness (QED) is 0.529. The zero-order chi connectivity index (χ0) is 16.5. The van der Waals surface area contributed by atoms with E-state index in [-0.39, 0.29) is 16.9 Å². The fourth-order valence-corrected chi connectivity index (χ4v) is 6.89. The smallest absolute Gasteiger partial charge is 0.130 e. The van der Waals surface area contributed by atoms with Gasteiger partial charge in [-0.25, -0.2) is 0 Å². The molecule has 0 unspecified atom stereocenters. The van der Waals surface area contributed by atoms with Gasteiger partial charge < -0.3 is 10.2 Å². The van der Waals surface area contributed by atoms with E-state index in [9.17, 15) is 10.2 Å². The molecule has 4 aliphatic rings. The van der Waals surface area contributed by atoms with Gasteiger partial charge in [0, 0.05) is 5.41 Å². The number of fused-ring (bicyclic) bond motifs is 5. The van der Waals surface area contributed by atoms with Crippen LogP contribution in [0.25, 0.3) is 0 Å². The molecule has 4 aliphatic carbocycles. The number of allylic oxidation sites excluding steroid dienone is 1. The molecular weight excluding hydrogens is 284 g/mol. The summed E-state index contributed by atoms with van der Waals surface area (Å²) < 4.78 is 0. The van der Waals surface area contributed by atoms with Gasteiger partial charge in [0.05, 0.1) is 6.10 Å². The molecule has 7 atom stereocenters. The van der Waals surface area contributed by atoms with E-state index in [0.717, 1.165) is 44.9 Å². The molecule has 4 rings (SSSR count). The highest BCUT2D eigenvalue weighted by Gasteiger charge is 2.63. The van der Waals surface area contributed by atoms with Gasteiger partial charge in [-0.15, -0.1) is 6.42 Å². The van der Waals surface area contributed by atoms with Crippen LogP contribution in [0, 0.1) is 40.9 Å². The molecule has 2 heteroatoms. The minimum atomic E-state index is -0.906. The van der Waals surface area contributed by atoms with Gasteiger partial charge in [0.2, 0.25) is 0 Å². The van der Waals surface area contributed by atoms with Gasteiger partial charge in [0.15, 0.2) is 0 Å². The first-order chi connectivity index (χ1) is 10.8. The lowest BCUT2D eigenvalue weighted by atomic mass is 9.47. The zero-order valence-electron chi connectivity index (χ0n) is 14.5. The van der Waals surface area contributed by atoms with E-state index >= 15 is 0 Å². The van der Waals surface area contributed by atoms with Gasteiger partial charge in [-0.3, -0.25) is 0 Å². The molecule has 0 spiro atoms. The maximum atomic E-state index is 11.0. The minimum Gasteiger partial charge on any atom is -0.393 e. The van der Waals surface area contributed by atoms with Crippen molar-refractivity contribution in [3.63, 3.8) is 0 Å². The summed E-state index contributed by atoms with van der Waals surface area (Å²) in [4.78, 5) is 0. The van der Waals surface area contributed by atoms with Crippen LogP contribution in [0.2, 0.25) is 0 Å². The van der Waals surface area contributed by atoms with Crippen LogP contribution >= 0.6 is 0 Å². The van der Waals surface area contributed by atoms with Crippen LogP contribution < -0.4 is 0 Å². The van der Waals surface area contributed by atoms with Crippen molar-refractivity contribution in [1.82, 2.24) is 0 Å². The van der Waals surface area contributed by atoms with Crippen LogP contribution in [-0.2, 0) is 0 Å². The largest absolute Gasteiger partial charge is 0.393 e. The van der Waals surface area contributed by atoms with Crippen molar-refractivity contribution < 1.29 is 10.2 Å². The molecule has 0 aromatic rings. The Labute approximate surface area is 140 Å².